The van der Waals surface area contributed by atoms with Gasteiger partial charge in [-0.2, -0.15) is 13.2 Å². The minimum atomic E-state index is -4.46. The zero-order valence-corrected chi connectivity index (χ0v) is 17.3. The minimum absolute atomic E-state index is 0.0521. The van der Waals surface area contributed by atoms with Gasteiger partial charge < -0.3 is 15.5 Å². The van der Waals surface area contributed by atoms with Gasteiger partial charge in [0.05, 0.1) is 16.6 Å². The second-order valence-electron chi connectivity index (χ2n) is 8.21. The third-order valence-electron chi connectivity index (χ3n) is 6.10. The third-order valence-corrected chi connectivity index (χ3v) is 6.10. The van der Waals surface area contributed by atoms with Crippen LogP contribution in [0.5, 0.6) is 0 Å². The average molecular weight is 452 g/mol. The molecule has 4 aromatic rings. The molecule has 8 nitrogen and oxygen atoms in total. The van der Waals surface area contributed by atoms with Gasteiger partial charge in [-0.25, -0.2) is 19.6 Å². The molecule has 4 aromatic heterocycles. The van der Waals surface area contributed by atoms with Crippen molar-refractivity contribution in [3.05, 3.63) is 60.6 Å². The number of fused-ring (bicyclic) bond motifs is 3. The highest BCUT2D eigenvalue weighted by Gasteiger charge is 2.38. The predicted molar refractivity (Wildman–Crippen MR) is 117 cm³/mol. The summed E-state index contributed by atoms with van der Waals surface area (Å²) in [6.45, 7) is 1.86. The normalized spacial score (nSPS) is 20.0. The molecule has 0 aliphatic carbocycles. The Kier molecular flexibility index (Phi) is 4.47. The van der Waals surface area contributed by atoms with Gasteiger partial charge in [0.15, 0.2) is 11.5 Å². The number of piperazine rings is 1. The van der Waals surface area contributed by atoms with E-state index in [1.54, 1.807) is 23.1 Å². The summed E-state index contributed by atoms with van der Waals surface area (Å²) in [5.74, 6) is 1.29. The van der Waals surface area contributed by atoms with Crippen molar-refractivity contribution in [1.29, 1.82) is 0 Å². The van der Waals surface area contributed by atoms with Gasteiger partial charge >= 0.3 is 6.18 Å². The Morgan fingerprint density at radius 2 is 1.91 bits per heavy atom. The third kappa shape index (κ3) is 3.54. The maximum absolute atomic E-state index is 13.1. The topological polar surface area (TPSA) is 83.8 Å². The molecule has 2 bridgehead atoms. The lowest BCUT2D eigenvalue weighted by Gasteiger charge is -2.28. The van der Waals surface area contributed by atoms with Crippen molar-refractivity contribution >= 4 is 28.5 Å². The molecule has 168 valence electrons. The molecule has 2 atom stereocenters. The fourth-order valence-electron chi connectivity index (χ4n) is 4.56. The molecule has 2 aliphatic rings. The molecule has 2 aliphatic heterocycles. The molecule has 0 spiro atoms. The van der Waals surface area contributed by atoms with E-state index in [0.717, 1.165) is 49.3 Å². The van der Waals surface area contributed by atoms with E-state index in [9.17, 15) is 13.2 Å². The fraction of sp³-hybridized carbons (Fsp3) is 0.273. The number of rotatable bonds is 4. The molecule has 2 saturated heterocycles. The first kappa shape index (κ1) is 19.9. The molecule has 2 fully saturated rings. The lowest BCUT2D eigenvalue weighted by atomic mass is 10.2. The quantitative estimate of drug-likeness (QED) is 0.490. The van der Waals surface area contributed by atoms with Crippen molar-refractivity contribution in [1.82, 2.24) is 30.0 Å². The number of alkyl halides is 3. The van der Waals surface area contributed by atoms with Gasteiger partial charge in [-0.1, -0.05) is 0 Å². The molecule has 6 rings (SSSR count). The number of halogens is 3. The SMILES string of the molecule is FC(F)(F)c1ccnc(Nc2nn(-c3ccnc(N4C[C@@H]5C[C@H]4CN5)c3)c3ncccc23)c1. The van der Waals surface area contributed by atoms with Gasteiger partial charge in [-0.3, -0.25) is 0 Å². The maximum atomic E-state index is 13.1. The summed E-state index contributed by atoms with van der Waals surface area (Å²) >= 11 is 0. The van der Waals surface area contributed by atoms with Crippen LogP contribution < -0.4 is 15.5 Å². The van der Waals surface area contributed by atoms with Crippen LogP contribution in [0.1, 0.15) is 12.0 Å². The van der Waals surface area contributed by atoms with E-state index in [1.165, 1.54) is 0 Å². The van der Waals surface area contributed by atoms with Crippen molar-refractivity contribution < 1.29 is 13.2 Å². The maximum Gasteiger partial charge on any atom is 0.416 e. The Hall–Kier alpha value is -3.73. The summed E-state index contributed by atoms with van der Waals surface area (Å²) in [5, 5.41) is 11.7. The first-order chi connectivity index (χ1) is 16.0. The van der Waals surface area contributed by atoms with E-state index in [0.29, 0.717) is 28.9 Å². The Balaban J connectivity index is 1.38. The predicted octanol–water partition coefficient (Wildman–Crippen LogP) is 3.52. The van der Waals surface area contributed by atoms with Crippen LogP contribution in [0, 0.1) is 0 Å². The smallest absolute Gasteiger partial charge is 0.351 e. The molecule has 2 N–H and O–H groups in total. The van der Waals surface area contributed by atoms with Gasteiger partial charge in [-0.15, -0.1) is 5.10 Å². The van der Waals surface area contributed by atoms with E-state index in [-0.39, 0.29) is 5.82 Å². The summed E-state index contributed by atoms with van der Waals surface area (Å²) in [4.78, 5) is 15.3. The number of aromatic nitrogens is 5. The van der Waals surface area contributed by atoms with Gasteiger partial charge in [0.25, 0.3) is 0 Å². The summed E-state index contributed by atoms with van der Waals surface area (Å²) in [5.41, 5.74) is 0.563. The number of nitrogens with one attached hydrogen (secondary N) is 2. The van der Waals surface area contributed by atoms with Crippen molar-refractivity contribution in [2.75, 3.05) is 23.3 Å². The van der Waals surface area contributed by atoms with Crippen LogP contribution in [0.4, 0.5) is 30.6 Å². The molecular formula is C22H19F3N8. The van der Waals surface area contributed by atoms with Crippen LogP contribution in [-0.4, -0.2) is 49.9 Å². The van der Waals surface area contributed by atoms with Gasteiger partial charge in [0, 0.05) is 49.8 Å². The van der Waals surface area contributed by atoms with Crippen molar-refractivity contribution in [3.8, 4) is 5.69 Å². The Bertz CT molecular complexity index is 1330. The van der Waals surface area contributed by atoms with Crippen LogP contribution in [0.15, 0.2) is 55.0 Å². The summed E-state index contributed by atoms with van der Waals surface area (Å²) < 4.78 is 41.0. The molecule has 0 aromatic carbocycles. The first-order valence-corrected chi connectivity index (χ1v) is 10.6. The van der Waals surface area contributed by atoms with Crippen molar-refractivity contribution in [2.45, 2.75) is 24.7 Å². The van der Waals surface area contributed by atoms with E-state index in [2.05, 4.69) is 35.6 Å². The number of pyridine rings is 3. The fourth-order valence-corrected chi connectivity index (χ4v) is 4.56. The largest absolute Gasteiger partial charge is 0.416 e. The van der Waals surface area contributed by atoms with Crippen LogP contribution in [0.2, 0.25) is 0 Å². The van der Waals surface area contributed by atoms with Crippen molar-refractivity contribution in [2.24, 2.45) is 0 Å². The molecule has 33 heavy (non-hydrogen) atoms. The molecule has 0 amide bonds. The molecule has 0 radical (unpaired) electrons. The minimum Gasteiger partial charge on any atom is -0.351 e. The molecule has 6 heterocycles. The Morgan fingerprint density at radius 3 is 2.70 bits per heavy atom. The van der Waals surface area contributed by atoms with Crippen LogP contribution in [-0.2, 0) is 6.18 Å². The number of nitrogens with zero attached hydrogens (tertiary/aromatic N) is 6. The van der Waals surface area contributed by atoms with Crippen LogP contribution >= 0.6 is 0 Å². The summed E-state index contributed by atoms with van der Waals surface area (Å²) in [6.07, 6.45) is 1.16. The zero-order chi connectivity index (χ0) is 22.6. The lowest BCUT2D eigenvalue weighted by molar-refractivity contribution is -0.137. The van der Waals surface area contributed by atoms with Gasteiger partial charge in [0.1, 0.15) is 11.6 Å². The highest BCUT2D eigenvalue weighted by atomic mass is 19.4. The van der Waals surface area contributed by atoms with E-state index in [1.807, 2.05) is 18.2 Å². The average Bonchev–Trinajstić information content (AvgIpc) is 3.54. The lowest BCUT2D eigenvalue weighted by Crippen LogP contribution is -2.44. The Morgan fingerprint density at radius 1 is 1.03 bits per heavy atom. The van der Waals surface area contributed by atoms with Crippen molar-refractivity contribution in [3.63, 3.8) is 0 Å². The number of hydrogen-bond donors (Lipinski definition) is 2. The van der Waals surface area contributed by atoms with E-state index in [4.69, 9.17) is 0 Å². The van der Waals surface area contributed by atoms with Crippen LogP contribution in [0.3, 0.4) is 0 Å². The number of anilines is 3. The summed E-state index contributed by atoms with van der Waals surface area (Å²) in [7, 11) is 0. The highest BCUT2D eigenvalue weighted by molar-refractivity contribution is 5.90. The zero-order valence-electron chi connectivity index (χ0n) is 17.3. The second kappa shape index (κ2) is 7.41. The Labute approximate surface area is 186 Å². The second-order valence-corrected chi connectivity index (χ2v) is 8.21. The van der Waals surface area contributed by atoms with Gasteiger partial charge in [0.2, 0.25) is 0 Å². The number of hydrogen-bond acceptors (Lipinski definition) is 7. The van der Waals surface area contributed by atoms with E-state index < -0.39 is 11.7 Å². The summed E-state index contributed by atoms with van der Waals surface area (Å²) in [6, 6.07) is 10.2. The molecule has 0 unspecified atom stereocenters. The molecule has 11 heteroatoms. The van der Waals surface area contributed by atoms with Gasteiger partial charge in [-0.05, 0) is 36.8 Å². The molecular weight excluding hydrogens is 433 g/mol. The standard InChI is InChI=1S/C22H19F3N8/c23-22(24,25)13-3-6-26-18(8-13)30-20-17-2-1-5-28-21(17)33(31-20)15-4-7-27-19(10-15)32-12-14-9-16(32)11-29-14/h1-8,10,14,16,29H,9,11-12H2,(H,26,30,31)/t14-,16-/m0/s1. The molecule has 0 saturated carbocycles. The highest BCUT2D eigenvalue weighted by Crippen LogP contribution is 2.33. The van der Waals surface area contributed by atoms with E-state index >= 15 is 0 Å². The first-order valence-electron chi connectivity index (χ1n) is 10.6. The van der Waals surface area contributed by atoms with Crippen LogP contribution in [0.25, 0.3) is 16.7 Å². The monoisotopic (exact) mass is 452 g/mol.